The van der Waals surface area contributed by atoms with Crippen LogP contribution in [0.15, 0.2) is 42.5 Å². The first kappa shape index (κ1) is 26.8. The fourth-order valence-electron chi connectivity index (χ4n) is 5.32. The van der Waals surface area contributed by atoms with Crippen molar-refractivity contribution in [1.82, 2.24) is 5.32 Å². The first-order chi connectivity index (χ1) is 18.2. The second-order valence-corrected chi connectivity index (χ2v) is 11.2. The molecule has 0 spiro atoms. The summed E-state index contributed by atoms with van der Waals surface area (Å²) in [6, 6.07) is 12.2. The Bertz CT molecular complexity index is 1170. The Balaban J connectivity index is 1.21. The lowest BCUT2D eigenvalue weighted by Gasteiger charge is -2.42. The van der Waals surface area contributed by atoms with Crippen molar-refractivity contribution in [3.05, 3.63) is 58.6 Å². The molecule has 3 N–H and O–H groups in total. The van der Waals surface area contributed by atoms with Gasteiger partial charge in [0.25, 0.3) is 0 Å². The molecule has 1 aliphatic heterocycles. The SMILES string of the molecule is CC(Cc1ccc2c(c1)OC(C(=O)O)(C(=O)OC(C1CCC1)C1CCC1)O2)NCC(O)c1cccc(Cl)c1. The highest BCUT2D eigenvalue weighted by molar-refractivity contribution is 6.30. The lowest BCUT2D eigenvalue weighted by atomic mass is 9.70. The van der Waals surface area contributed by atoms with E-state index in [1.807, 2.05) is 19.1 Å². The minimum atomic E-state index is -2.54. The summed E-state index contributed by atoms with van der Waals surface area (Å²) in [6.07, 6.45) is 5.73. The molecule has 2 saturated carbocycles. The number of esters is 1. The summed E-state index contributed by atoms with van der Waals surface area (Å²) in [5.41, 5.74) is 1.59. The summed E-state index contributed by atoms with van der Waals surface area (Å²) in [6.45, 7) is 2.32. The van der Waals surface area contributed by atoms with Crippen LogP contribution >= 0.6 is 11.6 Å². The van der Waals surface area contributed by atoms with Gasteiger partial charge in [0.1, 0.15) is 6.10 Å². The van der Waals surface area contributed by atoms with E-state index in [1.54, 1.807) is 30.3 Å². The topological polar surface area (TPSA) is 114 Å². The number of benzene rings is 2. The van der Waals surface area contributed by atoms with Crippen molar-refractivity contribution in [2.24, 2.45) is 11.8 Å². The van der Waals surface area contributed by atoms with Crippen molar-refractivity contribution in [2.45, 2.75) is 75.9 Å². The maximum absolute atomic E-state index is 13.2. The smallest absolute Gasteiger partial charge is 0.453 e. The molecule has 2 aromatic carbocycles. The van der Waals surface area contributed by atoms with Gasteiger partial charge in [-0.3, -0.25) is 0 Å². The predicted molar refractivity (Wildman–Crippen MR) is 140 cm³/mol. The molecule has 2 aromatic rings. The number of carbonyl (C=O) groups is 2. The quantitative estimate of drug-likeness (QED) is 0.277. The van der Waals surface area contributed by atoms with Crippen LogP contribution in [0.5, 0.6) is 11.5 Å². The minimum absolute atomic E-state index is 0.0101. The number of hydrogen-bond donors (Lipinski definition) is 3. The predicted octanol–water partition coefficient (Wildman–Crippen LogP) is 4.66. The molecule has 8 nitrogen and oxygen atoms in total. The van der Waals surface area contributed by atoms with Crippen molar-refractivity contribution in [3.8, 4) is 11.5 Å². The summed E-state index contributed by atoms with van der Waals surface area (Å²) < 4.78 is 17.1. The van der Waals surface area contributed by atoms with E-state index in [0.717, 1.165) is 49.7 Å². The number of aliphatic hydroxyl groups is 1. The van der Waals surface area contributed by atoms with Gasteiger partial charge >= 0.3 is 17.7 Å². The van der Waals surface area contributed by atoms with Gasteiger partial charge in [-0.15, -0.1) is 0 Å². The molecule has 1 heterocycles. The van der Waals surface area contributed by atoms with Gasteiger partial charge in [-0.25, -0.2) is 9.59 Å². The zero-order valence-electron chi connectivity index (χ0n) is 21.4. The minimum Gasteiger partial charge on any atom is -0.475 e. The Labute approximate surface area is 227 Å². The monoisotopic (exact) mass is 543 g/mol. The highest BCUT2D eigenvalue weighted by Crippen LogP contribution is 2.45. The number of carbonyl (C=O) groups excluding carboxylic acids is 1. The Morgan fingerprint density at radius 3 is 2.37 bits per heavy atom. The van der Waals surface area contributed by atoms with Crippen LogP contribution in [-0.2, 0) is 20.7 Å². The van der Waals surface area contributed by atoms with Crippen LogP contribution in [0.2, 0.25) is 5.02 Å². The Kier molecular flexibility index (Phi) is 7.84. The van der Waals surface area contributed by atoms with E-state index in [4.69, 9.17) is 25.8 Å². The van der Waals surface area contributed by atoms with E-state index in [1.165, 1.54) is 0 Å². The second-order valence-electron chi connectivity index (χ2n) is 10.7. The van der Waals surface area contributed by atoms with Crippen molar-refractivity contribution >= 4 is 23.5 Å². The standard InChI is InChI=1S/C29H34ClNO7/c1-17(31-16-23(32)21-9-4-10-22(30)15-21)13-18-11-12-24-25(14-18)38-29(37-24,27(33)34)28(35)36-26(19-5-2-6-19)20-7-3-8-20/h4,9-12,14-15,17,19-20,23,26,31-32H,2-3,5-8,13,16H2,1H3,(H,33,34). The molecule has 0 radical (unpaired) electrons. The van der Waals surface area contributed by atoms with Crippen LogP contribution < -0.4 is 14.8 Å². The van der Waals surface area contributed by atoms with E-state index in [9.17, 15) is 19.8 Å². The van der Waals surface area contributed by atoms with Gasteiger partial charge in [-0.05, 0) is 86.3 Å². The molecule has 0 saturated heterocycles. The van der Waals surface area contributed by atoms with E-state index < -0.39 is 23.8 Å². The zero-order valence-corrected chi connectivity index (χ0v) is 22.2. The number of aliphatic hydroxyl groups excluding tert-OH is 1. The number of fused-ring (bicyclic) bond motifs is 1. The molecule has 5 rings (SSSR count). The summed E-state index contributed by atoms with van der Waals surface area (Å²) in [5, 5.41) is 24.3. The highest BCUT2D eigenvalue weighted by Gasteiger charge is 2.60. The van der Waals surface area contributed by atoms with Gasteiger partial charge in [0.05, 0.1) is 6.10 Å². The molecule has 0 aromatic heterocycles. The van der Waals surface area contributed by atoms with Gasteiger partial charge in [0.2, 0.25) is 0 Å². The summed E-state index contributed by atoms with van der Waals surface area (Å²) in [4.78, 5) is 25.5. The third-order valence-electron chi connectivity index (χ3n) is 7.97. The Morgan fingerprint density at radius 2 is 1.76 bits per heavy atom. The highest BCUT2D eigenvalue weighted by atomic mass is 35.5. The molecular weight excluding hydrogens is 510 g/mol. The molecule has 2 aliphatic carbocycles. The van der Waals surface area contributed by atoms with Gasteiger partial charge in [0, 0.05) is 17.6 Å². The van der Waals surface area contributed by atoms with E-state index in [2.05, 4.69) is 5.32 Å². The third kappa shape index (κ3) is 5.48. The van der Waals surface area contributed by atoms with Crippen LogP contribution in [-0.4, -0.2) is 46.6 Å². The van der Waals surface area contributed by atoms with Crippen LogP contribution in [0.1, 0.15) is 62.7 Å². The van der Waals surface area contributed by atoms with E-state index >= 15 is 0 Å². The van der Waals surface area contributed by atoms with Crippen molar-refractivity contribution < 1.29 is 34.0 Å². The first-order valence-corrected chi connectivity index (χ1v) is 13.8. The maximum Gasteiger partial charge on any atom is 0.453 e. The zero-order chi connectivity index (χ0) is 26.9. The summed E-state index contributed by atoms with van der Waals surface area (Å²) in [5.74, 6) is -4.15. The Hall–Kier alpha value is -2.81. The van der Waals surface area contributed by atoms with Gasteiger partial charge in [0.15, 0.2) is 11.5 Å². The number of carboxylic acid groups (broad SMARTS) is 1. The molecule has 38 heavy (non-hydrogen) atoms. The maximum atomic E-state index is 13.2. The number of ether oxygens (including phenoxy) is 3. The van der Waals surface area contributed by atoms with Gasteiger partial charge in [-0.1, -0.05) is 42.6 Å². The Morgan fingerprint density at radius 1 is 1.08 bits per heavy atom. The largest absolute Gasteiger partial charge is 0.475 e. The van der Waals surface area contributed by atoms with Crippen molar-refractivity contribution in [2.75, 3.05) is 6.54 Å². The molecular formula is C29H34ClNO7. The number of rotatable bonds is 11. The number of nitrogens with one attached hydrogen (secondary N) is 1. The van der Waals surface area contributed by atoms with Crippen LogP contribution in [0, 0.1) is 11.8 Å². The molecule has 3 aliphatic rings. The van der Waals surface area contributed by atoms with Crippen molar-refractivity contribution in [1.29, 1.82) is 0 Å². The molecule has 3 atom stereocenters. The van der Waals surface area contributed by atoms with Crippen LogP contribution in [0.3, 0.4) is 0 Å². The average Bonchev–Trinajstić information content (AvgIpc) is 3.21. The number of carboxylic acids is 1. The lowest BCUT2D eigenvalue weighted by molar-refractivity contribution is -0.208. The van der Waals surface area contributed by atoms with E-state index in [-0.39, 0.29) is 35.5 Å². The second kappa shape index (κ2) is 11.1. The molecule has 2 fully saturated rings. The van der Waals surface area contributed by atoms with Crippen LogP contribution in [0.4, 0.5) is 0 Å². The summed E-state index contributed by atoms with van der Waals surface area (Å²) >= 11 is 6.02. The molecule has 9 heteroatoms. The lowest BCUT2D eigenvalue weighted by Crippen LogP contribution is -2.57. The number of hydrogen-bond acceptors (Lipinski definition) is 7. The van der Waals surface area contributed by atoms with Gasteiger partial charge in [-0.2, -0.15) is 0 Å². The molecule has 204 valence electrons. The molecule has 0 amide bonds. The molecule has 0 bridgehead atoms. The normalized spacial score (nSPS) is 22.4. The third-order valence-corrected chi connectivity index (χ3v) is 8.21. The number of halogens is 1. The van der Waals surface area contributed by atoms with Gasteiger partial charge < -0.3 is 29.7 Å². The molecule has 3 unspecified atom stereocenters. The average molecular weight is 544 g/mol. The van der Waals surface area contributed by atoms with Crippen molar-refractivity contribution in [3.63, 3.8) is 0 Å². The number of aliphatic carboxylic acids is 1. The first-order valence-electron chi connectivity index (χ1n) is 13.4. The van der Waals surface area contributed by atoms with E-state index in [0.29, 0.717) is 18.0 Å². The fourth-order valence-corrected chi connectivity index (χ4v) is 5.52. The fraction of sp³-hybridized carbons (Fsp3) is 0.517. The summed E-state index contributed by atoms with van der Waals surface area (Å²) in [7, 11) is 0. The van der Waals surface area contributed by atoms with Crippen LogP contribution in [0.25, 0.3) is 0 Å².